The SMILES string of the molecule is COC(=O)C1CCCCC1NC(=O)N1CCN(C(c2ccc(C)cc2)c2ccc(Cl)cc2Cl)CC1. The van der Waals surface area contributed by atoms with Crippen LogP contribution in [0.2, 0.25) is 10.0 Å². The van der Waals surface area contributed by atoms with Gasteiger partial charge in [0.05, 0.1) is 19.1 Å². The summed E-state index contributed by atoms with van der Waals surface area (Å²) in [4.78, 5) is 29.5. The van der Waals surface area contributed by atoms with Crippen LogP contribution in [-0.4, -0.2) is 61.1 Å². The van der Waals surface area contributed by atoms with Crippen molar-refractivity contribution in [3.63, 3.8) is 0 Å². The van der Waals surface area contributed by atoms with Gasteiger partial charge in [0.1, 0.15) is 0 Å². The summed E-state index contributed by atoms with van der Waals surface area (Å²) < 4.78 is 4.97. The van der Waals surface area contributed by atoms with Gasteiger partial charge in [0, 0.05) is 42.3 Å². The lowest BCUT2D eigenvalue weighted by molar-refractivity contribution is -0.147. The third-order valence-electron chi connectivity index (χ3n) is 7.20. The molecule has 0 spiro atoms. The lowest BCUT2D eigenvalue weighted by Gasteiger charge is -2.41. The van der Waals surface area contributed by atoms with Crippen LogP contribution in [0, 0.1) is 12.8 Å². The Bertz CT molecular complexity index is 1040. The fraction of sp³-hybridized carbons (Fsp3) is 0.481. The molecule has 1 N–H and O–H groups in total. The molecule has 3 atom stereocenters. The van der Waals surface area contributed by atoms with E-state index in [1.807, 2.05) is 17.0 Å². The van der Waals surface area contributed by atoms with Crippen LogP contribution in [0.1, 0.15) is 48.4 Å². The number of halogens is 2. The van der Waals surface area contributed by atoms with Crippen molar-refractivity contribution in [3.05, 3.63) is 69.2 Å². The molecule has 2 aromatic carbocycles. The third-order valence-corrected chi connectivity index (χ3v) is 7.76. The van der Waals surface area contributed by atoms with Crippen molar-refractivity contribution in [2.45, 2.75) is 44.7 Å². The molecule has 2 aromatic rings. The van der Waals surface area contributed by atoms with Gasteiger partial charge in [-0.2, -0.15) is 0 Å². The van der Waals surface area contributed by atoms with Gasteiger partial charge < -0.3 is 15.0 Å². The number of esters is 1. The maximum Gasteiger partial charge on any atom is 0.317 e. The van der Waals surface area contributed by atoms with Crippen molar-refractivity contribution in [2.75, 3.05) is 33.3 Å². The van der Waals surface area contributed by atoms with Crippen LogP contribution in [0.3, 0.4) is 0 Å². The van der Waals surface area contributed by atoms with Gasteiger partial charge in [-0.3, -0.25) is 9.69 Å². The zero-order chi connectivity index (χ0) is 24.9. The molecular weight excluding hydrogens is 485 g/mol. The molecule has 0 radical (unpaired) electrons. The molecule has 1 aliphatic carbocycles. The van der Waals surface area contributed by atoms with Crippen LogP contribution in [0.15, 0.2) is 42.5 Å². The van der Waals surface area contributed by atoms with E-state index in [0.29, 0.717) is 36.2 Å². The Hall–Kier alpha value is -2.28. The molecule has 1 saturated heterocycles. The third kappa shape index (κ3) is 6.11. The summed E-state index contributed by atoms with van der Waals surface area (Å²) in [6.07, 6.45) is 3.55. The quantitative estimate of drug-likeness (QED) is 0.535. The molecule has 1 aliphatic heterocycles. The highest BCUT2D eigenvalue weighted by Gasteiger charge is 2.35. The summed E-state index contributed by atoms with van der Waals surface area (Å²) in [6.45, 7) is 4.67. The summed E-state index contributed by atoms with van der Waals surface area (Å²) in [7, 11) is 1.41. The van der Waals surface area contributed by atoms with E-state index in [4.69, 9.17) is 27.9 Å². The molecule has 0 aromatic heterocycles. The number of rotatable bonds is 5. The Morgan fingerprint density at radius 1 is 1.00 bits per heavy atom. The molecule has 6 nitrogen and oxygen atoms in total. The highest BCUT2D eigenvalue weighted by atomic mass is 35.5. The van der Waals surface area contributed by atoms with E-state index in [-0.39, 0.29) is 30.0 Å². The van der Waals surface area contributed by atoms with E-state index in [2.05, 4.69) is 41.4 Å². The number of nitrogens with zero attached hydrogens (tertiary/aromatic N) is 2. The molecule has 2 amide bonds. The Labute approximate surface area is 217 Å². The monoisotopic (exact) mass is 517 g/mol. The number of ether oxygens (including phenoxy) is 1. The maximum absolute atomic E-state index is 13.1. The topological polar surface area (TPSA) is 61.9 Å². The van der Waals surface area contributed by atoms with Crippen molar-refractivity contribution >= 4 is 35.2 Å². The fourth-order valence-corrected chi connectivity index (χ4v) is 5.74. The van der Waals surface area contributed by atoms with E-state index in [1.54, 1.807) is 6.07 Å². The predicted octanol–water partition coefficient (Wildman–Crippen LogP) is 5.45. The number of carbonyl (C=O) groups is 2. The predicted molar refractivity (Wildman–Crippen MR) is 139 cm³/mol. The minimum absolute atomic E-state index is 0.0346. The summed E-state index contributed by atoms with van der Waals surface area (Å²) in [5, 5.41) is 4.36. The maximum atomic E-state index is 13.1. The van der Waals surface area contributed by atoms with Crippen LogP contribution in [0.5, 0.6) is 0 Å². The smallest absolute Gasteiger partial charge is 0.317 e. The van der Waals surface area contributed by atoms with Crippen molar-refractivity contribution in [1.82, 2.24) is 15.1 Å². The van der Waals surface area contributed by atoms with Gasteiger partial charge in [-0.1, -0.05) is 71.9 Å². The number of benzene rings is 2. The minimum Gasteiger partial charge on any atom is -0.469 e. The normalized spacial score (nSPS) is 21.9. The highest BCUT2D eigenvalue weighted by Crippen LogP contribution is 2.35. The largest absolute Gasteiger partial charge is 0.469 e. The molecule has 2 aliphatic rings. The number of urea groups is 1. The van der Waals surface area contributed by atoms with Crippen molar-refractivity contribution < 1.29 is 14.3 Å². The van der Waals surface area contributed by atoms with E-state index in [0.717, 1.165) is 36.8 Å². The molecule has 8 heteroatoms. The first-order valence-corrected chi connectivity index (χ1v) is 13.0. The Morgan fingerprint density at radius 3 is 2.34 bits per heavy atom. The van der Waals surface area contributed by atoms with Crippen molar-refractivity contribution in [1.29, 1.82) is 0 Å². The molecule has 188 valence electrons. The second kappa shape index (κ2) is 11.6. The van der Waals surface area contributed by atoms with E-state index in [9.17, 15) is 9.59 Å². The van der Waals surface area contributed by atoms with Crippen LogP contribution in [0.4, 0.5) is 4.79 Å². The Balaban J connectivity index is 1.46. The molecule has 0 bridgehead atoms. The first kappa shape index (κ1) is 25.8. The number of aryl methyl sites for hydroxylation is 1. The zero-order valence-corrected chi connectivity index (χ0v) is 21.8. The Morgan fingerprint density at radius 2 is 1.69 bits per heavy atom. The van der Waals surface area contributed by atoms with Gasteiger partial charge in [0.2, 0.25) is 0 Å². The van der Waals surface area contributed by atoms with Gasteiger partial charge in [-0.05, 0) is 43.0 Å². The molecule has 1 saturated carbocycles. The first-order chi connectivity index (χ1) is 16.9. The molecule has 3 unspecified atom stereocenters. The van der Waals surface area contributed by atoms with Crippen LogP contribution >= 0.6 is 23.2 Å². The Kier molecular flexibility index (Phi) is 8.58. The van der Waals surface area contributed by atoms with E-state index >= 15 is 0 Å². The fourth-order valence-electron chi connectivity index (χ4n) is 5.23. The van der Waals surface area contributed by atoms with E-state index in [1.165, 1.54) is 12.7 Å². The van der Waals surface area contributed by atoms with Crippen LogP contribution in [-0.2, 0) is 9.53 Å². The molecular formula is C27H33Cl2N3O3. The summed E-state index contributed by atoms with van der Waals surface area (Å²) in [5.74, 6) is -0.502. The molecule has 1 heterocycles. The number of nitrogens with one attached hydrogen (secondary N) is 1. The van der Waals surface area contributed by atoms with Crippen LogP contribution < -0.4 is 5.32 Å². The second-order valence-electron chi connectivity index (χ2n) is 9.47. The van der Waals surface area contributed by atoms with Gasteiger partial charge in [-0.25, -0.2) is 4.79 Å². The summed E-state index contributed by atoms with van der Waals surface area (Å²) in [5.41, 5.74) is 3.35. The highest BCUT2D eigenvalue weighted by molar-refractivity contribution is 6.35. The number of piperazine rings is 1. The lowest BCUT2D eigenvalue weighted by Crippen LogP contribution is -2.56. The standard InChI is InChI=1S/C27H33Cl2N3O3/c1-18-7-9-19(10-8-18)25(21-12-11-20(28)17-23(21)29)31-13-15-32(16-14-31)27(34)30-24-6-4-3-5-22(24)26(33)35-2/h7-12,17,22,24-25H,3-6,13-16H2,1-2H3,(H,30,34). The summed E-state index contributed by atoms with van der Waals surface area (Å²) in [6, 6.07) is 13.8. The van der Waals surface area contributed by atoms with Gasteiger partial charge in [0.25, 0.3) is 0 Å². The summed E-state index contributed by atoms with van der Waals surface area (Å²) >= 11 is 12.8. The van der Waals surface area contributed by atoms with E-state index < -0.39 is 0 Å². The first-order valence-electron chi connectivity index (χ1n) is 12.3. The number of hydrogen-bond acceptors (Lipinski definition) is 4. The van der Waals surface area contributed by atoms with Crippen molar-refractivity contribution in [2.24, 2.45) is 5.92 Å². The molecule has 35 heavy (non-hydrogen) atoms. The minimum atomic E-state index is -0.267. The molecule has 4 rings (SSSR count). The average molecular weight is 518 g/mol. The lowest BCUT2D eigenvalue weighted by atomic mass is 9.84. The number of methoxy groups -OCH3 is 1. The number of carbonyl (C=O) groups excluding carboxylic acids is 2. The van der Waals surface area contributed by atoms with Crippen LogP contribution in [0.25, 0.3) is 0 Å². The average Bonchev–Trinajstić information content (AvgIpc) is 2.87. The van der Waals surface area contributed by atoms with Gasteiger partial charge >= 0.3 is 12.0 Å². The zero-order valence-electron chi connectivity index (χ0n) is 20.3. The number of amides is 2. The van der Waals surface area contributed by atoms with Gasteiger partial charge in [0.15, 0.2) is 0 Å². The second-order valence-corrected chi connectivity index (χ2v) is 10.3. The van der Waals surface area contributed by atoms with Gasteiger partial charge in [-0.15, -0.1) is 0 Å². The molecule has 2 fully saturated rings. The number of hydrogen-bond donors (Lipinski definition) is 1. The van der Waals surface area contributed by atoms with Crippen molar-refractivity contribution in [3.8, 4) is 0 Å².